The van der Waals surface area contributed by atoms with E-state index in [0.29, 0.717) is 12.1 Å². The fourth-order valence-electron chi connectivity index (χ4n) is 2.96. The SMILES string of the molecule is CCN=C1c2cc(OC)ccc2C(=O)C1c1ccc(OC)cc1. The minimum absolute atomic E-state index is 0.0834. The van der Waals surface area contributed by atoms with Crippen LogP contribution in [-0.2, 0) is 0 Å². The Labute approximate surface area is 135 Å². The minimum atomic E-state index is -0.358. The maximum Gasteiger partial charge on any atom is 0.176 e. The molecule has 0 N–H and O–H groups in total. The number of nitrogens with zero attached hydrogens (tertiary/aromatic N) is 1. The lowest BCUT2D eigenvalue weighted by Gasteiger charge is -2.11. The number of carbonyl (C=O) groups excluding carboxylic acids is 1. The Hall–Kier alpha value is -2.62. The first-order chi connectivity index (χ1) is 11.2. The second-order valence-corrected chi connectivity index (χ2v) is 5.34. The van der Waals surface area contributed by atoms with Gasteiger partial charge in [-0.05, 0) is 42.8 Å². The van der Waals surface area contributed by atoms with Gasteiger partial charge in [0.1, 0.15) is 11.5 Å². The largest absolute Gasteiger partial charge is 0.497 e. The van der Waals surface area contributed by atoms with Crippen LogP contribution in [0.5, 0.6) is 11.5 Å². The van der Waals surface area contributed by atoms with E-state index in [0.717, 1.165) is 28.3 Å². The van der Waals surface area contributed by atoms with E-state index in [1.165, 1.54) is 0 Å². The van der Waals surface area contributed by atoms with Crippen molar-refractivity contribution in [2.75, 3.05) is 20.8 Å². The van der Waals surface area contributed by atoms with E-state index in [1.54, 1.807) is 14.2 Å². The molecule has 0 bridgehead atoms. The summed E-state index contributed by atoms with van der Waals surface area (Å²) in [6, 6.07) is 13.1. The van der Waals surface area contributed by atoms with Crippen LogP contribution in [-0.4, -0.2) is 32.3 Å². The summed E-state index contributed by atoms with van der Waals surface area (Å²) in [5.41, 5.74) is 3.32. The molecule has 0 fully saturated rings. The van der Waals surface area contributed by atoms with Gasteiger partial charge in [-0.25, -0.2) is 0 Å². The predicted molar refractivity (Wildman–Crippen MR) is 90.1 cm³/mol. The molecular formula is C19H19NO3. The fraction of sp³-hybridized carbons (Fsp3) is 0.263. The molecule has 0 aliphatic heterocycles. The topological polar surface area (TPSA) is 47.9 Å². The van der Waals surface area contributed by atoms with Crippen LogP contribution in [0.1, 0.15) is 34.3 Å². The Morgan fingerprint density at radius 1 is 0.957 bits per heavy atom. The molecule has 4 nitrogen and oxygen atoms in total. The number of carbonyl (C=O) groups is 1. The summed E-state index contributed by atoms with van der Waals surface area (Å²) in [5.74, 6) is 1.23. The van der Waals surface area contributed by atoms with Crippen LogP contribution in [0.25, 0.3) is 0 Å². The summed E-state index contributed by atoms with van der Waals surface area (Å²) in [4.78, 5) is 17.5. The van der Waals surface area contributed by atoms with Crippen molar-refractivity contribution >= 4 is 11.5 Å². The average molecular weight is 309 g/mol. The van der Waals surface area contributed by atoms with Gasteiger partial charge in [-0.3, -0.25) is 9.79 Å². The van der Waals surface area contributed by atoms with Crippen molar-refractivity contribution in [3.8, 4) is 11.5 Å². The van der Waals surface area contributed by atoms with Gasteiger partial charge in [-0.1, -0.05) is 12.1 Å². The molecular weight excluding hydrogens is 290 g/mol. The molecule has 23 heavy (non-hydrogen) atoms. The predicted octanol–water partition coefficient (Wildman–Crippen LogP) is 3.49. The zero-order chi connectivity index (χ0) is 16.4. The number of ether oxygens (including phenoxy) is 2. The Morgan fingerprint density at radius 3 is 2.22 bits per heavy atom. The number of ketones is 1. The lowest BCUT2D eigenvalue weighted by molar-refractivity contribution is 0.0988. The Morgan fingerprint density at radius 2 is 1.61 bits per heavy atom. The summed E-state index contributed by atoms with van der Waals surface area (Å²) in [6.45, 7) is 2.60. The van der Waals surface area contributed by atoms with Crippen LogP contribution in [0, 0.1) is 0 Å². The van der Waals surface area contributed by atoms with Crippen molar-refractivity contribution in [3.05, 3.63) is 59.2 Å². The Bertz CT molecular complexity index is 763. The standard InChI is InChI=1S/C19H19NO3/c1-4-20-18-16-11-14(23-3)9-10-15(16)19(21)17(18)12-5-7-13(22-2)8-6-12/h5-11,17H,4H2,1-3H3. The molecule has 4 heteroatoms. The molecule has 0 spiro atoms. The van der Waals surface area contributed by atoms with Gasteiger partial charge in [-0.2, -0.15) is 0 Å². The second-order valence-electron chi connectivity index (χ2n) is 5.34. The summed E-state index contributed by atoms with van der Waals surface area (Å²) >= 11 is 0. The van der Waals surface area contributed by atoms with E-state index in [1.807, 2.05) is 49.4 Å². The molecule has 3 rings (SSSR count). The van der Waals surface area contributed by atoms with E-state index in [9.17, 15) is 4.79 Å². The molecule has 2 aromatic rings. The number of methoxy groups -OCH3 is 2. The van der Waals surface area contributed by atoms with Crippen molar-refractivity contribution in [2.45, 2.75) is 12.8 Å². The number of rotatable bonds is 4. The molecule has 0 saturated carbocycles. The number of Topliss-reactive ketones (excluding diaryl/α,β-unsaturated/α-hetero) is 1. The van der Waals surface area contributed by atoms with Gasteiger partial charge in [0.15, 0.2) is 5.78 Å². The molecule has 0 heterocycles. The first-order valence-corrected chi connectivity index (χ1v) is 7.60. The number of fused-ring (bicyclic) bond motifs is 1. The van der Waals surface area contributed by atoms with Crippen LogP contribution >= 0.6 is 0 Å². The van der Waals surface area contributed by atoms with E-state index in [-0.39, 0.29) is 11.7 Å². The number of aliphatic imine (C=N–C) groups is 1. The lowest BCUT2D eigenvalue weighted by Crippen LogP contribution is -2.14. The summed E-state index contributed by atoms with van der Waals surface area (Å²) in [6.07, 6.45) is 0. The third-order valence-electron chi connectivity index (χ3n) is 4.08. The van der Waals surface area contributed by atoms with Crippen molar-refractivity contribution in [2.24, 2.45) is 4.99 Å². The van der Waals surface area contributed by atoms with Crippen LogP contribution in [0.4, 0.5) is 0 Å². The highest BCUT2D eigenvalue weighted by molar-refractivity contribution is 6.31. The van der Waals surface area contributed by atoms with Crippen LogP contribution < -0.4 is 9.47 Å². The first-order valence-electron chi connectivity index (χ1n) is 7.60. The molecule has 2 aromatic carbocycles. The van der Waals surface area contributed by atoms with E-state index in [4.69, 9.17) is 9.47 Å². The van der Waals surface area contributed by atoms with Crippen LogP contribution in [0.15, 0.2) is 47.5 Å². The average Bonchev–Trinajstić information content (AvgIpc) is 2.87. The van der Waals surface area contributed by atoms with Gasteiger partial charge in [0, 0.05) is 17.7 Å². The molecule has 118 valence electrons. The third kappa shape index (κ3) is 2.61. The quantitative estimate of drug-likeness (QED) is 0.868. The molecule has 1 unspecified atom stereocenters. The third-order valence-corrected chi connectivity index (χ3v) is 4.08. The highest BCUT2D eigenvalue weighted by Gasteiger charge is 2.37. The van der Waals surface area contributed by atoms with E-state index >= 15 is 0 Å². The van der Waals surface area contributed by atoms with E-state index in [2.05, 4.69) is 4.99 Å². The normalized spacial score (nSPS) is 18.1. The summed E-state index contributed by atoms with van der Waals surface area (Å²) in [5, 5.41) is 0. The number of hydrogen-bond donors (Lipinski definition) is 0. The number of hydrogen-bond acceptors (Lipinski definition) is 4. The van der Waals surface area contributed by atoms with Gasteiger partial charge in [-0.15, -0.1) is 0 Å². The molecule has 0 aromatic heterocycles. The van der Waals surface area contributed by atoms with Crippen LogP contribution in [0.3, 0.4) is 0 Å². The first kappa shape index (κ1) is 15.3. The molecule has 0 radical (unpaired) electrons. The summed E-state index contributed by atoms with van der Waals surface area (Å²) < 4.78 is 10.5. The Balaban J connectivity index is 2.10. The maximum atomic E-state index is 12.9. The zero-order valence-corrected chi connectivity index (χ0v) is 13.5. The maximum absolute atomic E-state index is 12.9. The molecule has 1 aliphatic rings. The molecule has 0 amide bonds. The zero-order valence-electron chi connectivity index (χ0n) is 13.5. The van der Waals surface area contributed by atoms with Crippen molar-refractivity contribution in [3.63, 3.8) is 0 Å². The fourth-order valence-corrected chi connectivity index (χ4v) is 2.96. The molecule has 1 atom stereocenters. The van der Waals surface area contributed by atoms with Gasteiger partial charge < -0.3 is 9.47 Å². The highest BCUT2D eigenvalue weighted by Crippen LogP contribution is 2.37. The van der Waals surface area contributed by atoms with Gasteiger partial charge in [0.25, 0.3) is 0 Å². The van der Waals surface area contributed by atoms with Crippen molar-refractivity contribution in [1.82, 2.24) is 0 Å². The smallest absolute Gasteiger partial charge is 0.176 e. The van der Waals surface area contributed by atoms with E-state index < -0.39 is 0 Å². The lowest BCUT2D eigenvalue weighted by atomic mass is 9.93. The molecule has 1 aliphatic carbocycles. The van der Waals surface area contributed by atoms with Gasteiger partial charge in [0.05, 0.1) is 25.8 Å². The van der Waals surface area contributed by atoms with Crippen molar-refractivity contribution < 1.29 is 14.3 Å². The summed E-state index contributed by atoms with van der Waals surface area (Å²) in [7, 11) is 3.25. The second kappa shape index (κ2) is 6.24. The Kier molecular flexibility index (Phi) is 4.15. The highest BCUT2D eigenvalue weighted by atomic mass is 16.5. The number of benzene rings is 2. The van der Waals surface area contributed by atoms with Gasteiger partial charge in [0.2, 0.25) is 0 Å². The monoisotopic (exact) mass is 309 g/mol. The minimum Gasteiger partial charge on any atom is -0.497 e. The van der Waals surface area contributed by atoms with Crippen LogP contribution in [0.2, 0.25) is 0 Å². The van der Waals surface area contributed by atoms with Gasteiger partial charge >= 0.3 is 0 Å². The van der Waals surface area contributed by atoms with Crippen molar-refractivity contribution in [1.29, 1.82) is 0 Å². The molecule has 0 saturated heterocycles.